The van der Waals surface area contributed by atoms with E-state index in [0.717, 1.165) is 5.82 Å². The number of hydrogen-bond donors (Lipinski definition) is 0. The molecule has 1 fully saturated rings. The van der Waals surface area contributed by atoms with Gasteiger partial charge in [-0.25, -0.2) is 4.98 Å². The molecule has 0 saturated carbocycles. The third-order valence-electron chi connectivity index (χ3n) is 3.93. The first-order valence-corrected chi connectivity index (χ1v) is 8.25. The van der Waals surface area contributed by atoms with Gasteiger partial charge in [0.25, 0.3) is 11.6 Å². The zero-order chi connectivity index (χ0) is 17.1. The Bertz CT molecular complexity index is 761. The Morgan fingerprint density at radius 2 is 1.92 bits per heavy atom. The number of rotatable bonds is 3. The van der Waals surface area contributed by atoms with Crippen LogP contribution in [0.1, 0.15) is 10.4 Å². The van der Waals surface area contributed by atoms with E-state index < -0.39 is 4.92 Å². The fraction of sp³-hybridized carbons (Fsp3) is 0.250. The summed E-state index contributed by atoms with van der Waals surface area (Å²) in [6.45, 7) is 2.47. The van der Waals surface area contributed by atoms with Crippen LogP contribution in [0.25, 0.3) is 0 Å². The minimum atomic E-state index is -0.500. The van der Waals surface area contributed by atoms with E-state index in [-0.39, 0.29) is 11.6 Å². The highest BCUT2D eigenvalue weighted by atomic mass is 79.9. The average molecular weight is 391 g/mol. The summed E-state index contributed by atoms with van der Waals surface area (Å²) in [7, 11) is 0. The van der Waals surface area contributed by atoms with Gasteiger partial charge < -0.3 is 9.80 Å². The molecule has 1 aliphatic rings. The van der Waals surface area contributed by atoms with Crippen LogP contribution in [0.4, 0.5) is 11.5 Å². The molecule has 1 saturated heterocycles. The zero-order valence-electron chi connectivity index (χ0n) is 12.8. The van der Waals surface area contributed by atoms with Gasteiger partial charge in [0.15, 0.2) is 0 Å². The molecule has 0 N–H and O–H groups in total. The molecule has 2 aromatic rings. The third-order valence-corrected chi connectivity index (χ3v) is 4.60. The molecule has 0 bridgehead atoms. The summed E-state index contributed by atoms with van der Waals surface area (Å²) in [5, 5.41) is 11.0. The standard InChI is InChI=1S/C16H15BrN4O3/c17-13-5-4-12(11-14(13)21(23)24)16(22)20-9-7-19(8-10-20)15-3-1-2-6-18-15/h1-6,11H,7-10H2. The molecule has 0 aliphatic carbocycles. The fourth-order valence-corrected chi connectivity index (χ4v) is 3.04. The van der Waals surface area contributed by atoms with Crippen LogP contribution in [0.2, 0.25) is 0 Å². The first-order chi connectivity index (χ1) is 11.6. The lowest BCUT2D eigenvalue weighted by molar-refractivity contribution is -0.385. The van der Waals surface area contributed by atoms with Crippen molar-refractivity contribution in [3.8, 4) is 0 Å². The van der Waals surface area contributed by atoms with Crippen molar-refractivity contribution in [2.45, 2.75) is 0 Å². The van der Waals surface area contributed by atoms with Gasteiger partial charge in [0.2, 0.25) is 0 Å². The fourth-order valence-electron chi connectivity index (χ4n) is 2.65. The topological polar surface area (TPSA) is 79.6 Å². The molecule has 1 amide bonds. The summed E-state index contributed by atoms with van der Waals surface area (Å²) in [4.78, 5) is 31.2. The molecule has 0 spiro atoms. The average Bonchev–Trinajstić information content (AvgIpc) is 2.62. The number of halogens is 1. The predicted molar refractivity (Wildman–Crippen MR) is 93.1 cm³/mol. The molecule has 24 heavy (non-hydrogen) atoms. The lowest BCUT2D eigenvalue weighted by Gasteiger charge is -2.35. The minimum Gasteiger partial charge on any atom is -0.353 e. The molecular weight excluding hydrogens is 376 g/mol. The highest BCUT2D eigenvalue weighted by Gasteiger charge is 2.24. The molecule has 3 rings (SSSR count). The van der Waals surface area contributed by atoms with Crippen molar-refractivity contribution in [1.29, 1.82) is 0 Å². The smallest absolute Gasteiger partial charge is 0.284 e. The Morgan fingerprint density at radius 3 is 2.54 bits per heavy atom. The van der Waals surface area contributed by atoms with Gasteiger partial charge in [-0.2, -0.15) is 0 Å². The van der Waals surface area contributed by atoms with E-state index in [1.165, 1.54) is 12.1 Å². The number of nitro benzene ring substituents is 1. The van der Waals surface area contributed by atoms with Gasteiger partial charge in [0.1, 0.15) is 5.82 Å². The van der Waals surface area contributed by atoms with Crippen molar-refractivity contribution >= 4 is 33.3 Å². The lowest BCUT2D eigenvalue weighted by Crippen LogP contribution is -2.49. The number of piperazine rings is 1. The Kier molecular flexibility index (Phi) is 4.75. The molecule has 2 heterocycles. The molecule has 124 valence electrons. The number of nitrogens with zero attached hydrogens (tertiary/aromatic N) is 4. The third kappa shape index (κ3) is 3.38. The van der Waals surface area contributed by atoms with Crippen molar-refractivity contribution in [2.24, 2.45) is 0 Å². The molecule has 0 radical (unpaired) electrons. The molecule has 1 aromatic heterocycles. The van der Waals surface area contributed by atoms with Gasteiger partial charge in [-0.3, -0.25) is 14.9 Å². The van der Waals surface area contributed by atoms with Crippen LogP contribution >= 0.6 is 15.9 Å². The maximum atomic E-state index is 12.6. The van der Waals surface area contributed by atoms with Crippen LogP contribution in [-0.2, 0) is 0 Å². The van der Waals surface area contributed by atoms with Crippen LogP contribution < -0.4 is 4.90 Å². The van der Waals surface area contributed by atoms with Gasteiger partial charge in [-0.1, -0.05) is 6.07 Å². The Hall–Kier alpha value is -2.48. The number of carbonyl (C=O) groups is 1. The second kappa shape index (κ2) is 6.96. The predicted octanol–water partition coefficient (Wildman–Crippen LogP) is 2.71. The number of nitro groups is 1. The van der Waals surface area contributed by atoms with E-state index in [1.54, 1.807) is 17.2 Å². The van der Waals surface area contributed by atoms with E-state index in [1.807, 2.05) is 18.2 Å². The van der Waals surface area contributed by atoms with E-state index in [9.17, 15) is 14.9 Å². The Balaban J connectivity index is 1.69. The molecular formula is C16H15BrN4O3. The van der Waals surface area contributed by atoms with Crippen molar-refractivity contribution in [1.82, 2.24) is 9.88 Å². The van der Waals surface area contributed by atoms with Crippen LogP contribution in [-0.4, -0.2) is 46.9 Å². The van der Waals surface area contributed by atoms with E-state index in [0.29, 0.717) is 36.2 Å². The molecule has 1 aliphatic heterocycles. The van der Waals surface area contributed by atoms with Gasteiger partial charge >= 0.3 is 0 Å². The minimum absolute atomic E-state index is 0.104. The SMILES string of the molecule is O=C(c1ccc(Br)c([N+](=O)[O-])c1)N1CCN(c2ccccn2)CC1. The van der Waals surface area contributed by atoms with Gasteiger partial charge in [-0.15, -0.1) is 0 Å². The van der Waals surface area contributed by atoms with Crippen LogP contribution in [0.15, 0.2) is 47.1 Å². The van der Waals surface area contributed by atoms with Crippen molar-refractivity contribution in [3.63, 3.8) is 0 Å². The number of benzene rings is 1. The molecule has 1 aromatic carbocycles. The highest BCUT2D eigenvalue weighted by molar-refractivity contribution is 9.10. The normalized spacial score (nSPS) is 14.5. The zero-order valence-corrected chi connectivity index (χ0v) is 14.3. The van der Waals surface area contributed by atoms with Gasteiger partial charge in [-0.05, 0) is 40.2 Å². The monoisotopic (exact) mass is 390 g/mol. The maximum Gasteiger partial charge on any atom is 0.284 e. The number of anilines is 1. The summed E-state index contributed by atoms with van der Waals surface area (Å²) in [5.74, 6) is 0.704. The van der Waals surface area contributed by atoms with E-state index in [4.69, 9.17) is 0 Å². The summed E-state index contributed by atoms with van der Waals surface area (Å²) < 4.78 is 0.365. The number of aromatic nitrogens is 1. The van der Waals surface area contributed by atoms with Crippen molar-refractivity contribution < 1.29 is 9.72 Å². The van der Waals surface area contributed by atoms with Gasteiger partial charge in [0, 0.05) is 44.0 Å². The van der Waals surface area contributed by atoms with Crippen LogP contribution in [0.3, 0.4) is 0 Å². The Labute approximate surface area is 147 Å². The number of amides is 1. The quantitative estimate of drug-likeness (QED) is 0.594. The molecule has 8 heteroatoms. The second-order valence-corrected chi connectivity index (χ2v) is 6.24. The summed E-state index contributed by atoms with van der Waals surface area (Å²) >= 11 is 3.13. The molecule has 0 atom stereocenters. The number of pyridine rings is 1. The highest BCUT2D eigenvalue weighted by Crippen LogP contribution is 2.26. The van der Waals surface area contributed by atoms with Crippen LogP contribution in [0.5, 0.6) is 0 Å². The number of carbonyl (C=O) groups excluding carboxylic acids is 1. The lowest BCUT2D eigenvalue weighted by atomic mass is 10.1. The van der Waals surface area contributed by atoms with Crippen LogP contribution in [0, 0.1) is 10.1 Å². The van der Waals surface area contributed by atoms with Gasteiger partial charge in [0.05, 0.1) is 9.40 Å². The molecule has 7 nitrogen and oxygen atoms in total. The van der Waals surface area contributed by atoms with E-state index in [2.05, 4.69) is 25.8 Å². The summed E-state index contributed by atoms with van der Waals surface area (Å²) in [5.41, 5.74) is 0.226. The first-order valence-electron chi connectivity index (χ1n) is 7.45. The first kappa shape index (κ1) is 16.4. The number of hydrogen-bond acceptors (Lipinski definition) is 5. The van der Waals surface area contributed by atoms with E-state index >= 15 is 0 Å². The maximum absolute atomic E-state index is 12.6. The summed E-state index contributed by atoms with van der Waals surface area (Å²) in [6, 6.07) is 10.2. The largest absolute Gasteiger partial charge is 0.353 e. The van der Waals surface area contributed by atoms with Crippen molar-refractivity contribution in [3.05, 3.63) is 62.7 Å². The van der Waals surface area contributed by atoms with Crippen molar-refractivity contribution in [2.75, 3.05) is 31.1 Å². The summed E-state index contributed by atoms with van der Waals surface area (Å²) in [6.07, 6.45) is 1.74. The Morgan fingerprint density at radius 1 is 1.17 bits per heavy atom. The second-order valence-electron chi connectivity index (χ2n) is 5.39. The molecule has 0 unspecified atom stereocenters.